The summed E-state index contributed by atoms with van der Waals surface area (Å²) in [6.07, 6.45) is 2.22. The van der Waals surface area contributed by atoms with Crippen molar-refractivity contribution in [3.05, 3.63) is 22.4 Å². The van der Waals surface area contributed by atoms with Gasteiger partial charge in [0.05, 0.1) is 0 Å². The van der Waals surface area contributed by atoms with Crippen molar-refractivity contribution in [1.82, 2.24) is 5.43 Å². The van der Waals surface area contributed by atoms with E-state index >= 15 is 0 Å². The molecular formula is C8H14N2S. The van der Waals surface area contributed by atoms with Gasteiger partial charge in [0.15, 0.2) is 0 Å². The highest BCUT2D eigenvalue weighted by molar-refractivity contribution is 7.07. The number of rotatable bonds is 4. The lowest BCUT2D eigenvalue weighted by molar-refractivity contribution is 0.532. The van der Waals surface area contributed by atoms with Crippen LogP contribution in [0.1, 0.15) is 18.9 Å². The third-order valence-electron chi connectivity index (χ3n) is 1.73. The summed E-state index contributed by atoms with van der Waals surface area (Å²) in [5, 5.41) is 4.29. The van der Waals surface area contributed by atoms with E-state index in [4.69, 9.17) is 5.84 Å². The zero-order valence-corrected chi connectivity index (χ0v) is 7.53. The van der Waals surface area contributed by atoms with Gasteiger partial charge in [0.2, 0.25) is 0 Å². The van der Waals surface area contributed by atoms with E-state index in [-0.39, 0.29) is 0 Å². The molecular weight excluding hydrogens is 156 g/mol. The van der Waals surface area contributed by atoms with Gasteiger partial charge in [0, 0.05) is 6.04 Å². The van der Waals surface area contributed by atoms with Gasteiger partial charge in [-0.25, -0.2) is 0 Å². The fraction of sp³-hybridized carbons (Fsp3) is 0.500. The van der Waals surface area contributed by atoms with Crippen molar-refractivity contribution < 1.29 is 0 Å². The molecule has 0 aliphatic rings. The molecule has 0 aliphatic heterocycles. The summed E-state index contributed by atoms with van der Waals surface area (Å²) in [6, 6.07) is 2.57. The number of hydrogen-bond donors (Lipinski definition) is 2. The maximum atomic E-state index is 5.26. The number of hydrazine groups is 1. The van der Waals surface area contributed by atoms with Gasteiger partial charge in [-0.2, -0.15) is 11.3 Å². The molecule has 1 heterocycles. The molecule has 1 aromatic rings. The number of nitrogens with two attached hydrogens (primary N) is 1. The van der Waals surface area contributed by atoms with Crippen LogP contribution in [0.25, 0.3) is 0 Å². The minimum atomic E-state index is 0.412. The van der Waals surface area contributed by atoms with Crippen molar-refractivity contribution in [2.24, 2.45) is 5.84 Å². The lowest BCUT2D eigenvalue weighted by Crippen LogP contribution is -2.32. The Morgan fingerprint density at radius 1 is 1.73 bits per heavy atom. The van der Waals surface area contributed by atoms with Crippen molar-refractivity contribution in [3.8, 4) is 0 Å². The average molecular weight is 170 g/mol. The van der Waals surface area contributed by atoms with Gasteiger partial charge >= 0.3 is 0 Å². The summed E-state index contributed by atoms with van der Waals surface area (Å²) in [4.78, 5) is 0. The second kappa shape index (κ2) is 4.49. The third kappa shape index (κ3) is 3.01. The van der Waals surface area contributed by atoms with Crippen LogP contribution in [0.2, 0.25) is 0 Å². The van der Waals surface area contributed by atoms with Gasteiger partial charge < -0.3 is 0 Å². The molecule has 11 heavy (non-hydrogen) atoms. The predicted octanol–water partition coefficient (Wildman–Crippen LogP) is 1.53. The fourth-order valence-corrected chi connectivity index (χ4v) is 1.60. The minimum absolute atomic E-state index is 0.412. The molecule has 2 nitrogen and oxygen atoms in total. The van der Waals surface area contributed by atoms with Crippen LogP contribution in [-0.4, -0.2) is 6.04 Å². The fourth-order valence-electron chi connectivity index (χ4n) is 0.901. The molecule has 0 fully saturated rings. The molecule has 1 aromatic heterocycles. The Morgan fingerprint density at radius 2 is 2.55 bits per heavy atom. The van der Waals surface area contributed by atoms with Crippen molar-refractivity contribution in [1.29, 1.82) is 0 Å². The molecule has 0 aliphatic carbocycles. The first-order valence-corrected chi connectivity index (χ1v) is 4.74. The monoisotopic (exact) mass is 170 g/mol. The van der Waals surface area contributed by atoms with E-state index in [0.717, 1.165) is 12.8 Å². The smallest absolute Gasteiger partial charge is 0.0185 e. The Labute approximate surface area is 71.4 Å². The highest BCUT2D eigenvalue weighted by Crippen LogP contribution is 2.09. The average Bonchev–Trinajstić information content (AvgIpc) is 2.52. The number of aryl methyl sites for hydroxylation is 1. The number of nitrogens with one attached hydrogen (secondary N) is 1. The molecule has 0 bridgehead atoms. The molecule has 62 valence electrons. The molecule has 1 atom stereocenters. The first-order chi connectivity index (χ1) is 5.33. The first-order valence-electron chi connectivity index (χ1n) is 3.80. The summed E-state index contributed by atoms with van der Waals surface area (Å²) < 4.78 is 0. The predicted molar refractivity (Wildman–Crippen MR) is 49.4 cm³/mol. The van der Waals surface area contributed by atoms with Crippen LogP contribution in [0, 0.1) is 0 Å². The molecule has 0 radical (unpaired) electrons. The van der Waals surface area contributed by atoms with E-state index in [2.05, 4.69) is 29.2 Å². The molecule has 1 rings (SSSR count). The summed E-state index contributed by atoms with van der Waals surface area (Å²) >= 11 is 1.75. The van der Waals surface area contributed by atoms with Gasteiger partial charge in [-0.1, -0.05) is 0 Å². The van der Waals surface area contributed by atoms with E-state index in [1.807, 2.05) is 0 Å². The quantitative estimate of drug-likeness (QED) is 0.531. The van der Waals surface area contributed by atoms with Crippen molar-refractivity contribution in [2.45, 2.75) is 25.8 Å². The van der Waals surface area contributed by atoms with Crippen LogP contribution in [-0.2, 0) is 6.42 Å². The van der Waals surface area contributed by atoms with Crippen LogP contribution in [0.4, 0.5) is 0 Å². The summed E-state index contributed by atoms with van der Waals surface area (Å²) in [5.41, 5.74) is 4.14. The Morgan fingerprint density at radius 3 is 3.09 bits per heavy atom. The summed E-state index contributed by atoms with van der Waals surface area (Å²) in [6.45, 7) is 2.09. The second-order valence-electron chi connectivity index (χ2n) is 2.74. The van der Waals surface area contributed by atoms with Crippen molar-refractivity contribution in [2.75, 3.05) is 0 Å². The highest BCUT2D eigenvalue weighted by Gasteiger charge is 1.98. The zero-order valence-electron chi connectivity index (χ0n) is 6.71. The van der Waals surface area contributed by atoms with Crippen LogP contribution >= 0.6 is 11.3 Å². The van der Waals surface area contributed by atoms with E-state index in [1.54, 1.807) is 11.3 Å². The number of hydrogen-bond acceptors (Lipinski definition) is 3. The Balaban J connectivity index is 2.23. The van der Waals surface area contributed by atoms with Crippen LogP contribution in [0.15, 0.2) is 16.8 Å². The van der Waals surface area contributed by atoms with Gasteiger partial charge in [0.25, 0.3) is 0 Å². The summed E-state index contributed by atoms with van der Waals surface area (Å²) in [7, 11) is 0. The number of thiophene rings is 1. The first kappa shape index (κ1) is 8.71. The third-order valence-corrected chi connectivity index (χ3v) is 2.46. The Bertz CT molecular complexity index is 184. The van der Waals surface area contributed by atoms with E-state index < -0.39 is 0 Å². The molecule has 0 saturated heterocycles. The molecule has 1 unspecified atom stereocenters. The maximum Gasteiger partial charge on any atom is 0.0185 e. The minimum Gasteiger partial charge on any atom is -0.271 e. The molecule has 0 aromatic carbocycles. The van der Waals surface area contributed by atoms with E-state index in [9.17, 15) is 0 Å². The van der Waals surface area contributed by atoms with Crippen LogP contribution in [0.3, 0.4) is 0 Å². The van der Waals surface area contributed by atoms with Crippen molar-refractivity contribution in [3.63, 3.8) is 0 Å². The highest BCUT2D eigenvalue weighted by atomic mass is 32.1. The van der Waals surface area contributed by atoms with Crippen molar-refractivity contribution >= 4 is 11.3 Å². The topological polar surface area (TPSA) is 38.0 Å². The van der Waals surface area contributed by atoms with Crippen LogP contribution < -0.4 is 11.3 Å². The SMILES string of the molecule is CC(CCc1ccsc1)NN. The van der Waals surface area contributed by atoms with Crippen LogP contribution in [0.5, 0.6) is 0 Å². The van der Waals surface area contributed by atoms with E-state index in [1.165, 1.54) is 5.56 Å². The molecule has 0 spiro atoms. The molecule has 3 N–H and O–H groups in total. The second-order valence-corrected chi connectivity index (χ2v) is 3.52. The molecule has 0 amide bonds. The van der Waals surface area contributed by atoms with Gasteiger partial charge in [-0.05, 0) is 42.2 Å². The Hall–Kier alpha value is -0.380. The van der Waals surface area contributed by atoms with Gasteiger partial charge in [-0.15, -0.1) is 0 Å². The summed E-state index contributed by atoms with van der Waals surface area (Å²) in [5.74, 6) is 5.26. The Kier molecular flexibility index (Phi) is 3.56. The zero-order chi connectivity index (χ0) is 8.10. The van der Waals surface area contributed by atoms with E-state index in [0.29, 0.717) is 6.04 Å². The lowest BCUT2D eigenvalue weighted by Gasteiger charge is -2.07. The maximum absolute atomic E-state index is 5.26. The van der Waals surface area contributed by atoms with Gasteiger partial charge in [0.1, 0.15) is 0 Å². The normalized spacial score (nSPS) is 13.3. The standard InChI is InChI=1S/C8H14N2S/c1-7(10-9)2-3-8-4-5-11-6-8/h4-7,10H,2-3,9H2,1H3. The largest absolute Gasteiger partial charge is 0.271 e. The molecule has 0 saturated carbocycles. The lowest BCUT2D eigenvalue weighted by atomic mass is 10.1. The van der Waals surface area contributed by atoms with Gasteiger partial charge in [-0.3, -0.25) is 11.3 Å². The molecule has 3 heteroatoms.